The number of anilines is 1. The SMILES string of the molecule is Cc1cc2c(N3C(=O)[C@@H]4C(O)CCN4C3=O)ccc(C#N)c2o1. The van der Waals surface area contributed by atoms with E-state index >= 15 is 0 Å². The maximum absolute atomic E-state index is 12.6. The molecule has 7 heteroatoms. The Hall–Kier alpha value is -2.85. The molecular weight excluding hydrogens is 298 g/mol. The number of carbonyl (C=O) groups excluding carboxylic acids is 2. The van der Waals surface area contributed by atoms with Crippen LogP contribution in [0.5, 0.6) is 0 Å². The second-order valence-corrected chi connectivity index (χ2v) is 5.79. The Balaban J connectivity index is 1.89. The Kier molecular flexibility index (Phi) is 2.74. The molecule has 2 aliphatic rings. The second kappa shape index (κ2) is 4.57. The molecule has 0 aliphatic carbocycles. The molecule has 116 valence electrons. The molecule has 23 heavy (non-hydrogen) atoms. The van der Waals surface area contributed by atoms with Crippen molar-refractivity contribution in [1.29, 1.82) is 5.26 Å². The lowest BCUT2D eigenvalue weighted by Crippen LogP contribution is -2.36. The van der Waals surface area contributed by atoms with Crippen LogP contribution in [0.3, 0.4) is 0 Å². The Labute approximate surface area is 131 Å². The summed E-state index contributed by atoms with van der Waals surface area (Å²) >= 11 is 0. The van der Waals surface area contributed by atoms with Gasteiger partial charge in [-0.05, 0) is 31.5 Å². The first kappa shape index (κ1) is 13.8. The van der Waals surface area contributed by atoms with Crippen molar-refractivity contribution in [3.05, 3.63) is 29.5 Å². The summed E-state index contributed by atoms with van der Waals surface area (Å²) in [6.45, 7) is 2.09. The Morgan fingerprint density at radius 3 is 2.87 bits per heavy atom. The van der Waals surface area contributed by atoms with E-state index in [9.17, 15) is 20.0 Å². The molecule has 2 aliphatic heterocycles. The molecule has 1 aromatic heterocycles. The van der Waals surface area contributed by atoms with Crippen LogP contribution in [-0.2, 0) is 4.79 Å². The average molecular weight is 311 g/mol. The molecule has 0 saturated carbocycles. The molecule has 2 saturated heterocycles. The molecule has 1 aromatic carbocycles. The molecule has 2 aromatic rings. The van der Waals surface area contributed by atoms with Gasteiger partial charge in [0.2, 0.25) is 0 Å². The van der Waals surface area contributed by atoms with Crippen molar-refractivity contribution in [2.24, 2.45) is 0 Å². The molecule has 4 rings (SSSR count). The van der Waals surface area contributed by atoms with E-state index in [0.29, 0.717) is 40.9 Å². The molecule has 0 radical (unpaired) electrons. The van der Waals surface area contributed by atoms with E-state index in [4.69, 9.17) is 4.42 Å². The van der Waals surface area contributed by atoms with Crippen LogP contribution in [-0.4, -0.2) is 40.6 Å². The molecule has 0 bridgehead atoms. The monoisotopic (exact) mass is 311 g/mol. The van der Waals surface area contributed by atoms with E-state index in [1.54, 1.807) is 19.1 Å². The maximum Gasteiger partial charge on any atom is 0.332 e. The van der Waals surface area contributed by atoms with Crippen molar-refractivity contribution in [1.82, 2.24) is 4.90 Å². The Morgan fingerprint density at radius 2 is 2.17 bits per heavy atom. The number of furan rings is 1. The van der Waals surface area contributed by atoms with Crippen molar-refractivity contribution in [2.75, 3.05) is 11.4 Å². The van der Waals surface area contributed by atoms with Crippen molar-refractivity contribution >= 4 is 28.6 Å². The number of nitriles is 1. The van der Waals surface area contributed by atoms with E-state index in [2.05, 4.69) is 0 Å². The highest BCUT2D eigenvalue weighted by atomic mass is 16.3. The zero-order valence-electron chi connectivity index (χ0n) is 12.3. The van der Waals surface area contributed by atoms with Crippen LogP contribution >= 0.6 is 0 Å². The molecule has 7 nitrogen and oxygen atoms in total. The maximum atomic E-state index is 12.6. The Morgan fingerprint density at radius 1 is 1.39 bits per heavy atom. The van der Waals surface area contributed by atoms with E-state index in [0.717, 1.165) is 4.90 Å². The van der Waals surface area contributed by atoms with E-state index in [1.807, 2.05) is 6.07 Å². The molecule has 0 spiro atoms. The lowest BCUT2D eigenvalue weighted by molar-refractivity contribution is -0.121. The number of imide groups is 1. The second-order valence-electron chi connectivity index (χ2n) is 5.79. The van der Waals surface area contributed by atoms with E-state index in [1.165, 1.54) is 11.0 Å². The summed E-state index contributed by atoms with van der Waals surface area (Å²) in [6.07, 6.45) is -0.430. The average Bonchev–Trinajstić information content (AvgIpc) is 3.15. The summed E-state index contributed by atoms with van der Waals surface area (Å²) < 4.78 is 5.54. The quantitative estimate of drug-likeness (QED) is 0.805. The van der Waals surface area contributed by atoms with Gasteiger partial charge in [0.05, 0.1) is 17.4 Å². The number of nitrogens with zero attached hydrogens (tertiary/aromatic N) is 3. The van der Waals surface area contributed by atoms with Gasteiger partial charge in [0, 0.05) is 11.9 Å². The van der Waals surface area contributed by atoms with Gasteiger partial charge in [-0.15, -0.1) is 0 Å². The fourth-order valence-electron chi connectivity index (χ4n) is 3.38. The lowest BCUT2D eigenvalue weighted by atomic mass is 10.1. The van der Waals surface area contributed by atoms with Crippen LogP contribution < -0.4 is 4.90 Å². The summed E-state index contributed by atoms with van der Waals surface area (Å²) in [6, 6.07) is 5.58. The van der Waals surface area contributed by atoms with Crippen LogP contribution in [0, 0.1) is 18.3 Å². The summed E-state index contributed by atoms with van der Waals surface area (Å²) in [5, 5.41) is 19.7. The minimum atomic E-state index is -0.837. The van der Waals surface area contributed by atoms with Gasteiger partial charge in [0.25, 0.3) is 5.91 Å². The predicted molar refractivity (Wildman–Crippen MR) is 79.7 cm³/mol. The normalized spacial score (nSPS) is 23.7. The van der Waals surface area contributed by atoms with E-state index in [-0.39, 0.29) is 0 Å². The fraction of sp³-hybridized carbons (Fsp3) is 0.312. The standard InChI is InChI=1S/C16H13N3O4/c1-8-6-10-11(3-2-9(7-17)14(10)23-8)19-15(21)13-12(20)4-5-18(13)16(19)22/h2-3,6,12-13,20H,4-5H2,1H3/t12?,13-/m0/s1. The number of benzene rings is 1. The molecule has 1 unspecified atom stereocenters. The van der Waals surface area contributed by atoms with Crippen LogP contribution in [0.4, 0.5) is 10.5 Å². The first-order chi connectivity index (χ1) is 11.0. The summed E-state index contributed by atoms with van der Waals surface area (Å²) in [4.78, 5) is 27.7. The van der Waals surface area contributed by atoms with Crippen molar-refractivity contribution in [3.63, 3.8) is 0 Å². The summed E-state index contributed by atoms with van der Waals surface area (Å²) in [5.74, 6) is 0.147. The van der Waals surface area contributed by atoms with Crippen molar-refractivity contribution in [2.45, 2.75) is 25.5 Å². The highest BCUT2D eigenvalue weighted by molar-refractivity contribution is 6.24. The number of aryl methyl sites for hydroxylation is 1. The largest absolute Gasteiger partial charge is 0.460 e. The zero-order valence-corrected chi connectivity index (χ0v) is 12.3. The van der Waals surface area contributed by atoms with Gasteiger partial charge in [0.15, 0.2) is 5.58 Å². The van der Waals surface area contributed by atoms with Crippen LogP contribution in [0.15, 0.2) is 22.6 Å². The van der Waals surface area contributed by atoms with Crippen molar-refractivity contribution in [3.8, 4) is 6.07 Å². The molecule has 1 N–H and O–H groups in total. The van der Waals surface area contributed by atoms with Gasteiger partial charge >= 0.3 is 6.03 Å². The molecular formula is C16H13N3O4. The highest BCUT2D eigenvalue weighted by Gasteiger charge is 2.52. The number of urea groups is 1. The number of carbonyl (C=O) groups is 2. The first-order valence-corrected chi connectivity index (χ1v) is 7.29. The van der Waals surface area contributed by atoms with Gasteiger partial charge in [-0.25, -0.2) is 9.69 Å². The molecule has 2 atom stereocenters. The number of rotatable bonds is 1. The van der Waals surface area contributed by atoms with Crippen molar-refractivity contribution < 1.29 is 19.1 Å². The third kappa shape index (κ3) is 1.72. The number of amides is 3. The smallest absolute Gasteiger partial charge is 0.332 e. The lowest BCUT2D eigenvalue weighted by Gasteiger charge is -2.16. The van der Waals surface area contributed by atoms with Gasteiger partial charge < -0.3 is 14.4 Å². The Bertz CT molecular complexity index is 895. The molecule has 2 fully saturated rings. The summed E-state index contributed by atoms with van der Waals surface area (Å²) in [7, 11) is 0. The third-order valence-electron chi connectivity index (χ3n) is 4.42. The number of hydrogen-bond donors (Lipinski definition) is 1. The minimum Gasteiger partial charge on any atom is -0.460 e. The zero-order chi connectivity index (χ0) is 16.3. The van der Waals surface area contributed by atoms with Crippen LogP contribution in [0.2, 0.25) is 0 Å². The topological polar surface area (TPSA) is 97.8 Å². The highest BCUT2D eigenvalue weighted by Crippen LogP contribution is 2.37. The predicted octanol–water partition coefficient (Wildman–Crippen LogP) is 1.51. The van der Waals surface area contributed by atoms with Crippen LogP contribution in [0.25, 0.3) is 11.0 Å². The summed E-state index contributed by atoms with van der Waals surface area (Å²) in [5.41, 5.74) is 1.08. The van der Waals surface area contributed by atoms with Gasteiger partial charge in [0.1, 0.15) is 17.9 Å². The minimum absolute atomic E-state index is 0.344. The van der Waals surface area contributed by atoms with Gasteiger partial charge in [-0.3, -0.25) is 4.79 Å². The first-order valence-electron chi connectivity index (χ1n) is 7.29. The third-order valence-corrected chi connectivity index (χ3v) is 4.42. The number of aliphatic hydroxyl groups is 1. The molecule has 3 amide bonds. The van der Waals surface area contributed by atoms with Gasteiger partial charge in [-0.2, -0.15) is 5.26 Å². The van der Waals surface area contributed by atoms with Crippen LogP contribution in [0.1, 0.15) is 17.7 Å². The van der Waals surface area contributed by atoms with Gasteiger partial charge in [-0.1, -0.05) is 0 Å². The number of fused-ring (bicyclic) bond motifs is 2. The molecule has 3 heterocycles. The number of aliphatic hydroxyl groups excluding tert-OH is 1. The fourth-order valence-corrected chi connectivity index (χ4v) is 3.38. The number of hydrogen-bond acceptors (Lipinski definition) is 5. The van der Waals surface area contributed by atoms with E-state index < -0.39 is 24.1 Å².